The van der Waals surface area contributed by atoms with Gasteiger partial charge in [0.25, 0.3) is 0 Å². The van der Waals surface area contributed by atoms with Crippen molar-refractivity contribution in [1.82, 2.24) is 14.9 Å². The van der Waals surface area contributed by atoms with Crippen molar-refractivity contribution in [2.75, 3.05) is 50.2 Å². The van der Waals surface area contributed by atoms with Gasteiger partial charge < -0.3 is 20.9 Å². The van der Waals surface area contributed by atoms with Crippen molar-refractivity contribution in [2.45, 2.75) is 19.9 Å². The molecule has 0 spiro atoms. The lowest BCUT2D eigenvalue weighted by molar-refractivity contribution is 0.416. The first kappa shape index (κ1) is 14.5. The quantitative estimate of drug-likeness (QED) is 0.783. The molecule has 0 aliphatic heterocycles. The highest BCUT2D eigenvalue weighted by Gasteiger charge is 2.08. The van der Waals surface area contributed by atoms with E-state index >= 15 is 0 Å². The third kappa shape index (κ3) is 4.75. The average molecular weight is 252 g/mol. The number of nitrogen functional groups attached to an aromatic ring is 1. The summed E-state index contributed by atoms with van der Waals surface area (Å²) in [5.41, 5.74) is 5.73. The normalized spacial score (nSPS) is 11.1. The maximum absolute atomic E-state index is 5.73. The topological polar surface area (TPSA) is 70.3 Å². The number of nitrogens with one attached hydrogen (secondary N) is 1. The number of nitrogens with zero attached hydrogens (tertiary/aromatic N) is 4. The summed E-state index contributed by atoms with van der Waals surface area (Å²) in [6, 6.07) is 2.24. The first-order valence-electron chi connectivity index (χ1n) is 6.15. The Morgan fingerprint density at radius 2 is 1.89 bits per heavy atom. The van der Waals surface area contributed by atoms with Gasteiger partial charge >= 0.3 is 0 Å². The zero-order chi connectivity index (χ0) is 13.7. The molecule has 1 aromatic rings. The van der Waals surface area contributed by atoms with Crippen LogP contribution in [0, 0.1) is 0 Å². The van der Waals surface area contributed by atoms with Crippen LogP contribution in [0.2, 0.25) is 0 Å². The van der Waals surface area contributed by atoms with E-state index in [1.807, 2.05) is 27.2 Å². The molecule has 6 heteroatoms. The van der Waals surface area contributed by atoms with Gasteiger partial charge in [-0.1, -0.05) is 0 Å². The van der Waals surface area contributed by atoms with Gasteiger partial charge in [0.2, 0.25) is 5.95 Å². The molecule has 0 unspecified atom stereocenters. The van der Waals surface area contributed by atoms with Crippen LogP contribution in [-0.2, 0) is 0 Å². The van der Waals surface area contributed by atoms with Gasteiger partial charge in [0.15, 0.2) is 0 Å². The maximum Gasteiger partial charge on any atom is 0.223 e. The highest BCUT2D eigenvalue weighted by atomic mass is 15.2. The Bertz CT molecular complexity index is 377. The van der Waals surface area contributed by atoms with Crippen LogP contribution in [-0.4, -0.2) is 55.1 Å². The highest BCUT2D eigenvalue weighted by molar-refractivity contribution is 5.52. The van der Waals surface area contributed by atoms with Gasteiger partial charge in [0.1, 0.15) is 11.6 Å². The minimum atomic E-state index is 0.298. The fourth-order valence-electron chi connectivity index (χ4n) is 1.48. The molecule has 0 saturated heterocycles. The summed E-state index contributed by atoms with van der Waals surface area (Å²) in [7, 11) is 6.10. The minimum absolute atomic E-state index is 0.298. The molecule has 0 radical (unpaired) electrons. The molecule has 0 bridgehead atoms. The summed E-state index contributed by atoms with van der Waals surface area (Å²) in [5, 5.41) is 3.24. The zero-order valence-electron chi connectivity index (χ0n) is 11.9. The van der Waals surface area contributed by atoms with Gasteiger partial charge in [0, 0.05) is 32.2 Å². The average Bonchev–Trinajstić information content (AvgIpc) is 2.23. The lowest BCUT2D eigenvalue weighted by Crippen LogP contribution is -2.29. The predicted octanol–water partition coefficient (Wildman–Crippen LogP) is 0.877. The van der Waals surface area contributed by atoms with E-state index < -0.39 is 0 Å². The molecule has 0 aromatic carbocycles. The first-order valence-corrected chi connectivity index (χ1v) is 6.15. The van der Waals surface area contributed by atoms with Gasteiger partial charge in [-0.15, -0.1) is 0 Å². The van der Waals surface area contributed by atoms with Crippen LogP contribution in [0.25, 0.3) is 0 Å². The van der Waals surface area contributed by atoms with Crippen molar-refractivity contribution in [3.63, 3.8) is 0 Å². The van der Waals surface area contributed by atoms with Crippen molar-refractivity contribution >= 4 is 17.6 Å². The van der Waals surface area contributed by atoms with Crippen molar-refractivity contribution < 1.29 is 0 Å². The van der Waals surface area contributed by atoms with Crippen LogP contribution in [0.5, 0.6) is 0 Å². The SMILES string of the molecule is CC(C)Nc1cc(N(C)CCN(C)C)nc(N)n1. The molecule has 1 aromatic heterocycles. The Kier molecular flexibility index (Phi) is 5.15. The summed E-state index contributed by atoms with van der Waals surface area (Å²) in [4.78, 5) is 12.6. The van der Waals surface area contributed by atoms with E-state index in [2.05, 4.69) is 38.9 Å². The second-order valence-corrected chi connectivity index (χ2v) is 4.99. The Hall–Kier alpha value is -1.56. The van der Waals surface area contributed by atoms with Gasteiger partial charge in [0.05, 0.1) is 0 Å². The van der Waals surface area contributed by atoms with Crippen LogP contribution < -0.4 is 16.0 Å². The van der Waals surface area contributed by atoms with E-state index in [0.717, 1.165) is 24.7 Å². The molecule has 0 amide bonds. The minimum Gasteiger partial charge on any atom is -0.368 e. The molecule has 0 atom stereocenters. The molecule has 18 heavy (non-hydrogen) atoms. The van der Waals surface area contributed by atoms with E-state index in [4.69, 9.17) is 5.73 Å². The first-order chi connectivity index (χ1) is 8.38. The second kappa shape index (κ2) is 6.39. The van der Waals surface area contributed by atoms with E-state index in [1.54, 1.807) is 0 Å². The standard InChI is InChI=1S/C12H24N6/c1-9(2)14-10-8-11(16-12(13)15-10)18(5)7-6-17(3)4/h8-9H,6-7H2,1-5H3,(H3,13,14,15,16). The van der Waals surface area contributed by atoms with Crippen LogP contribution in [0.15, 0.2) is 6.07 Å². The lowest BCUT2D eigenvalue weighted by Gasteiger charge is -2.21. The summed E-state index contributed by atoms with van der Waals surface area (Å²) < 4.78 is 0. The Balaban J connectivity index is 2.78. The van der Waals surface area contributed by atoms with Gasteiger partial charge in [-0.3, -0.25) is 0 Å². The van der Waals surface area contributed by atoms with Crippen molar-refractivity contribution in [2.24, 2.45) is 0 Å². The second-order valence-electron chi connectivity index (χ2n) is 4.99. The highest BCUT2D eigenvalue weighted by Crippen LogP contribution is 2.16. The third-order valence-corrected chi connectivity index (χ3v) is 2.44. The molecule has 1 rings (SSSR count). The number of hydrogen-bond acceptors (Lipinski definition) is 6. The van der Waals surface area contributed by atoms with Crippen molar-refractivity contribution in [3.05, 3.63) is 6.07 Å². The van der Waals surface area contributed by atoms with Crippen LogP contribution in [0.4, 0.5) is 17.6 Å². The number of likely N-dealkylation sites (N-methyl/N-ethyl adjacent to an activating group) is 2. The van der Waals surface area contributed by atoms with Crippen LogP contribution >= 0.6 is 0 Å². The van der Waals surface area contributed by atoms with Crippen LogP contribution in [0.3, 0.4) is 0 Å². The molecule has 0 fully saturated rings. The Morgan fingerprint density at radius 3 is 2.44 bits per heavy atom. The molecule has 0 aliphatic rings. The Labute approximate surface area is 109 Å². The molecule has 1 heterocycles. The lowest BCUT2D eigenvalue weighted by atomic mass is 10.4. The molecular weight excluding hydrogens is 228 g/mol. The largest absolute Gasteiger partial charge is 0.368 e. The van der Waals surface area contributed by atoms with Gasteiger partial charge in [-0.05, 0) is 27.9 Å². The van der Waals surface area contributed by atoms with Crippen LogP contribution in [0.1, 0.15) is 13.8 Å². The van der Waals surface area contributed by atoms with Gasteiger partial charge in [-0.25, -0.2) is 0 Å². The number of nitrogens with two attached hydrogens (primary N) is 1. The fourth-order valence-corrected chi connectivity index (χ4v) is 1.48. The van der Waals surface area contributed by atoms with E-state index in [-0.39, 0.29) is 0 Å². The van der Waals surface area contributed by atoms with Crippen molar-refractivity contribution in [1.29, 1.82) is 0 Å². The van der Waals surface area contributed by atoms with Gasteiger partial charge in [-0.2, -0.15) is 9.97 Å². The molecule has 6 nitrogen and oxygen atoms in total. The summed E-state index contributed by atoms with van der Waals surface area (Å²) in [6.45, 7) is 5.99. The molecular formula is C12H24N6. The number of hydrogen-bond donors (Lipinski definition) is 2. The molecule has 0 saturated carbocycles. The fraction of sp³-hybridized carbons (Fsp3) is 0.667. The third-order valence-electron chi connectivity index (χ3n) is 2.44. The number of anilines is 3. The molecule has 102 valence electrons. The summed E-state index contributed by atoms with van der Waals surface area (Å²) in [6.07, 6.45) is 0. The van der Waals surface area contributed by atoms with E-state index in [1.165, 1.54) is 0 Å². The number of rotatable bonds is 6. The molecule has 0 aliphatic carbocycles. The zero-order valence-corrected chi connectivity index (χ0v) is 11.9. The summed E-state index contributed by atoms with van der Waals surface area (Å²) in [5.74, 6) is 1.91. The van der Waals surface area contributed by atoms with E-state index in [9.17, 15) is 0 Å². The van der Waals surface area contributed by atoms with E-state index in [0.29, 0.717) is 12.0 Å². The smallest absolute Gasteiger partial charge is 0.223 e. The molecule has 3 N–H and O–H groups in total. The summed E-state index contributed by atoms with van der Waals surface area (Å²) >= 11 is 0. The number of aromatic nitrogens is 2. The predicted molar refractivity (Wildman–Crippen MR) is 77.0 cm³/mol. The monoisotopic (exact) mass is 252 g/mol. The van der Waals surface area contributed by atoms with Crippen molar-refractivity contribution in [3.8, 4) is 0 Å². The maximum atomic E-state index is 5.73. The Morgan fingerprint density at radius 1 is 1.22 bits per heavy atom.